The van der Waals surface area contributed by atoms with Crippen LogP contribution in [0, 0.1) is 5.92 Å². The van der Waals surface area contributed by atoms with Gasteiger partial charge in [0.15, 0.2) is 6.29 Å². The number of hydrogen-bond acceptors (Lipinski definition) is 4. The molecule has 0 N–H and O–H groups in total. The van der Waals surface area contributed by atoms with Gasteiger partial charge in [0.1, 0.15) is 0 Å². The van der Waals surface area contributed by atoms with Crippen molar-refractivity contribution in [3.05, 3.63) is 34.6 Å². The van der Waals surface area contributed by atoms with Gasteiger partial charge in [0, 0.05) is 51.8 Å². The summed E-state index contributed by atoms with van der Waals surface area (Å²) in [4.78, 5) is 7.07. The Morgan fingerprint density at radius 3 is 2.64 bits per heavy atom. The molecule has 0 unspecified atom stereocenters. The molecular formula is C20H23BrN2O2. The van der Waals surface area contributed by atoms with Gasteiger partial charge >= 0.3 is 0 Å². The molecule has 1 aromatic carbocycles. The van der Waals surface area contributed by atoms with Crippen molar-refractivity contribution in [2.45, 2.75) is 44.4 Å². The largest absolute Gasteiger partial charge is 0.368 e. The normalized spacial score (nSPS) is 27.2. The predicted octanol–water partition coefficient (Wildman–Crippen LogP) is 4.29. The standard InChI is InChI=1S/C20H23BrN2O2/c21-16-9-15-12-22-11-14-5-6-23(18(10-16)19(14)15)17-3-1-13(2-4-17)20-24-7-8-25-20/h9-13,17,20H,1-8H2. The van der Waals surface area contributed by atoms with Crippen molar-refractivity contribution in [1.82, 2.24) is 4.98 Å². The molecule has 5 heteroatoms. The maximum Gasteiger partial charge on any atom is 0.160 e. The molecule has 0 atom stereocenters. The van der Waals surface area contributed by atoms with Crippen LogP contribution in [-0.4, -0.2) is 37.1 Å². The predicted molar refractivity (Wildman–Crippen MR) is 102 cm³/mol. The molecule has 132 valence electrons. The van der Waals surface area contributed by atoms with Gasteiger partial charge in [0.05, 0.1) is 13.2 Å². The second kappa shape index (κ2) is 6.53. The summed E-state index contributed by atoms with van der Waals surface area (Å²) in [5.74, 6) is 0.572. The van der Waals surface area contributed by atoms with Crippen LogP contribution in [0.3, 0.4) is 0 Å². The van der Waals surface area contributed by atoms with Crippen LogP contribution in [0.4, 0.5) is 5.69 Å². The molecule has 2 aromatic rings. The first-order valence-corrected chi connectivity index (χ1v) is 10.1. The molecule has 3 heterocycles. The van der Waals surface area contributed by atoms with Crippen LogP contribution in [0.2, 0.25) is 0 Å². The molecule has 1 aliphatic carbocycles. The Bertz CT molecular complexity index is 783. The van der Waals surface area contributed by atoms with Gasteiger partial charge in [-0.3, -0.25) is 4.98 Å². The molecule has 0 bridgehead atoms. The number of anilines is 1. The average molecular weight is 403 g/mol. The van der Waals surface area contributed by atoms with E-state index < -0.39 is 0 Å². The van der Waals surface area contributed by atoms with Crippen LogP contribution in [0.1, 0.15) is 31.2 Å². The van der Waals surface area contributed by atoms with E-state index in [1.165, 1.54) is 47.7 Å². The van der Waals surface area contributed by atoms with Crippen molar-refractivity contribution in [1.29, 1.82) is 0 Å². The minimum Gasteiger partial charge on any atom is -0.368 e. The zero-order valence-electron chi connectivity index (χ0n) is 14.3. The van der Waals surface area contributed by atoms with Gasteiger partial charge in [-0.1, -0.05) is 15.9 Å². The Labute approximate surface area is 156 Å². The van der Waals surface area contributed by atoms with Gasteiger partial charge in [-0.05, 0) is 49.8 Å². The molecule has 1 saturated heterocycles. The van der Waals surface area contributed by atoms with E-state index in [0.717, 1.165) is 30.7 Å². The topological polar surface area (TPSA) is 34.6 Å². The number of halogens is 1. The summed E-state index contributed by atoms with van der Waals surface area (Å²) in [6.07, 6.45) is 10.0. The van der Waals surface area contributed by atoms with Crippen LogP contribution in [0.5, 0.6) is 0 Å². The summed E-state index contributed by atoms with van der Waals surface area (Å²) >= 11 is 3.69. The lowest BCUT2D eigenvalue weighted by Crippen LogP contribution is -2.42. The van der Waals surface area contributed by atoms with Gasteiger partial charge in [-0.25, -0.2) is 0 Å². The molecule has 2 aliphatic heterocycles. The summed E-state index contributed by atoms with van der Waals surface area (Å²) in [5, 5.41) is 2.64. The van der Waals surface area contributed by atoms with Crippen molar-refractivity contribution in [2.75, 3.05) is 24.7 Å². The summed E-state index contributed by atoms with van der Waals surface area (Å²) in [6, 6.07) is 5.10. The first-order chi connectivity index (χ1) is 12.3. The Hall–Kier alpha value is -1.17. The lowest BCUT2D eigenvalue weighted by atomic mass is 9.83. The van der Waals surface area contributed by atoms with Crippen molar-refractivity contribution < 1.29 is 9.47 Å². The molecule has 0 amide bonds. The number of benzene rings is 1. The first-order valence-electron chi connectivity index (χ1n) is 9.35. The van der Waals surface area contributed by atoms with E-state index in [1.807, 2.05) is 12.4 Å². The second-order valence-corrected chi connectivity index (χ2v) is 8.36. The fourth-order valence-electron chi connectivity index (χ4n) is 4.83. The molecule has 0 radical (unpaired) electrons. The molecule has 0 spiro atoms. The Morgan fingerprint density at radius 2 is 1.84 bits per heavy atom. The van der Waals surface area contributed by atoms with Crippen molar-refractivity contribution in [3.63, 3.8) is 0 Å². The number of nitrogens with zero attached hydrogens (tertiary/aromatic N) is 2. The third-order valence-electron chi connectivity index (χ3n) is 6.02. The molecule has 5 rings (SSSR count). The number of pyridine rings is 1. The van der Waals surface area contributed by atoms with Crippen LogP contribution in [0.25, 0.3) is 10.8 Å². The molecule has 3 aliphatic rings. The highest BCUT2D eigenvalue weighted by molar-refractivity contribution is 9.10. The summed E-state index contributed by atoms with van der Waals surface area (Å²) in [5.41, 5.74) is 2.77. The second-order valence-electron chi connectivity index (χ2n) is 7.44. The van der Waals surface area contributed by atoms with Crippen molar-refractivity contribution in [2.24, 2.45) is 5.92 Å². The van der Waals surface area contributed by atoms with E-state index in [-0.39, 0.29) is 6.29 Å². The number of ether oxygens (including phenoxy) is 2. The minimum atomic E-state index is 0.0479. The van der Waals surface area contributed by atoms with Gasteiger partial charge in [-0.15, -0.1) is 0 Å². The maximum atomic E-state index is 5.73. The van der Waals surface area contributed by atoms with Crippen LogP contribution >= 0.6 is 15.9 Å². The molecular weight excluding hydrogens is 380 g/mol. The number of aromatic nitrogens is 1. The Balaban J connectivity index is 1.41. The van der Waals surface area contributed by atoms with Crippen LogP contribution < -0.4 is 4.90 Å². The highest BCUT2D eigenvalue weighted by Crippen LogP contribution is 2.41. The minimum absolute atomic E-state index is 0.0479. The molecule has 25 heavy (non-hydrogen) atoms. The first kappa shape index (κ1) is 16.0. The van der Waals surface area contributed by atoms with Gasteiger partial charge < -0.3 is 14.4 Å². The van der Waals surface area contributed by atoms with E-state index >= 15 is 0 Å². The van der Waals surface area contributed by atoms with E-state index in [1.54, 1.807) is 0 Å². The van der Waals surface area contributed by atoms with Gasteiger partial charge in [0.25, 0.3) is 0 Å². The smallest absolute Gasteiger partial charge is 0.160 e. The van der Waals surface area contributed by atoms with E-state index in [0.29, 0.717) is 12.0 Å². The zero-order valence-corrected chi connectivity index (χ0v) is 15.9. The fraction of sp³-hybridized carbons (Fsp3) is 0.550. The highest BCUT2D eigenvalue weighted by atomic mass is 79.9. The van der Waals surface area contributed by atoms with Crippen LogP contribution in [0.15, 0.2) is 29.0 Å². The lowest BCUT2D eigenvalue weighted by molar-refractivity contribution is -0.0930. The summed E-state index contributed by atoms with van der Waals surface area (Å²) in [6.45, 7) is 2.62. The summed E-state index contributed by atoms with van der Waals surface area (Å²) < 4.78 is 12.6. The number of hydrogen-bond donors (Lipinski definition) is 0. The number of rotatable bonds is 2. The van der Waals surface area contributed by atoms with E-state index in [4.69, 9.17) is 9.47 Å². The molecule has 1 saturated carbocycles. The molecule has 2 fully saturated rings. The Kier molecular flexibility index (Phi) is 4.19. The van der Waals surface area contributed by atoms with Gasteiger partial charge in [-0.2, -0.15) is 0 Å². The third-order valence-corrected chi connectivity index (χ3v) is 6.48. The summed E-state index contributed by atoms with van der Waals surface area (Å²) in [7, 11) is 0. The van der Waals surface area contributed by atoms with Crippen LogP contribution in [-0.2, 0) is 15.9 Å². The molecule has 4 nitrogen and oxygen atoms in total. The third kappa shape index (κ3) is 2.86. The van der Waals surface area contributed by atoms with E-state index in [9.17, 15) is 0 Å². The van der Waals surface area contributed by atoms with Crippen molar-refractivity contribution in [3.8, 4) is 0 Å². The Morgan fingerprint density at radius 1 is 1.04 bits per heavy atom. The van der Waals surface area contributed by atoms with Gasteiger partial charge in [0.2, 0.25) is 0 Å². The maximum absolute atomic E-state index is 5.73. The SMILES string of the molecule is Brc1cc2c3c(cncc3c1)CCN2C1CCC(C2OCCO2)CC1. The van der Waals surface area contributed by atoms with Crippen molar-refractivity contribution >= 4 is 32.4 Å². The van der Waals surface area contributed by atoms with E-state index in [2.05, 4.69) is 37.9 Å². The lowest BCUT2D eigenvalue weighted by Gasteiger charge is -2.41. The monoisotopic (exact) mass is 402 g/mol. The average Bonchev–Trinajstić information content (AvgIpc) is 3.17. The fourth-order valence-corrected chi connectivity index (χ4v) is 5.29. The molecule has 1 aromatic heterocycles. The zero-order chi connectivity index (χ0) is 16.8. The quantitative estimate of drug-likeness (QED) is 0.749. The highest BCUT2D eigenvalue weighted by Gasteiger charge is 2.34.